The monoisotopic (exact) mass is 473 g/mol. The number of piperidine rings is 1. The van der Waals surface area contributed by atoms with E-state index in [1.54, 1.807) is 18.2 Å². The third kappa shape index (κ3) is 5.46. The van der Waals surface area contributed by atoms with Crippen molar-refractivity contribution in [3.63, 3.8) is 0 Å². The number of carbonyl (C=O) groups excluding carboxylic acids is 2. The van der Waals surface area contributed by atoms with Gasteiger partial charge < -0.3 is 15.0 Å². The molecule has 2 amide bonds. The number of nitriles is 1. The van der Waals surface area contributed by atoms with E-state index in [0.29, 0.717) is 24.3 Å². The van der Waals surface area contributed by atoms with Gasteiger partial charge in [-0.15, -0.1) is 11.3 Å². The Balaban J connectivity index is 1.38. The number of carbonyl (C=O) groups is 2. The number of hydrogen-bond donors (Lipinski definition) is 1. The molecular weight excluding hydrogens is 446 g/mol. The molecule has 7 heteroatoms. The summed E-state index contributed by atoms with van der Waals surface area (Å²) in [4.78, 5) is 28.0. The van der Waals surface area contributed by atoms with Crippen LogP contribution in [-0.4, -0.2) is 35.9 Å². The summed E-state index contributed by atoms with van der Waals surface area (Å²) >= 11 is 1.47. The minimum Gasteiger partial charge on any atom is -0.490 e. The van der Waals surface area contributed by atoms with Crippen LogP contribution < -0.4 is 10.1 Å². The van der Waals surface area contributed by atoms with Gasteiger partial charge in [0.15, 0.2) is 0 Å². The maximum Gasteiger partial charge on any atom is 0.263 e. The molecule has 1 atom stereocenters. The number of hydrogen-bond acceptors (Lipinski definition) is 5. The molecule has 1 aromatic heterocycles. The largest absolute Gasteiger partial charge is 0.490 e. The predicted octanol–water partition coefficient (Wildman–Crippen LogP) is 5.62. The summed E-state index contributed by atoms with van der Waals surface area (Å²) in [6, 6.07) is 18.7. The van der Waals surface area contributed by atoms with Gasteiger partial charge in [0.2, 0.25) is 0 Å². The van der Waals surface area contributed by atoms with Gasteiger partial charge in [-0.25, -0.2) is 0 Å². The predicted molar refractivity (Wildman–Crippen MR) is 133 cm³/mol. The number of ether oxygens (including phenoxy) is 1. The van der Waals surface area contributed by atoms with Crippen molar-refractivity contribution in [2.75, 3.05) is 18.4 Å². The van der Waals surface area contributed by atoms with Crippen LogP contribution in [0, 0.1) is 18.3 Å². The highest BCUT2D eigenvalue weighted by Gasteiger charge is 2.25. The average Bonchev–Trinajstić information content (AvgIpc) is 3.41. The van der Waals surface area contributed by atoms with Gasteiger partial charge in [0, 0.05) is 43.2 Å². The molecule has 0 saturated carbocycles. The Hall–Kier alpha value is -3.63. The molecule has 1 fully saturated rings. The van der Waals surface area contributed by atoms with E-state index in [1.807, 2.05) is 60.5 Å². The minimum atomic E-state index is -0.279. The molecular formula is C27H27N3O3S. The second-order valence-electron chi connectivity index (χ2n) is 8.50. The van der Waals surface area contributed by atoms with Gasteiger partial charge in [0.1, 0.15) is 11.9 Å². The van der Waals surface area contributed by atoms with Crippen molar-refractivity contribution in [3.05, 3.63) is 81.5 Å². The van der Waals surface area contributed by atoms with Crippen molar-refractivity contribution in [1.82, 2.24) is 4.90 Å². The summed E-state index contributed by atoms with van der Waals surface area (Å²) in [5.41, 5.74) is 2.95. The van der Waals surface area contributed by atoms with E-state index in [1.165, 1.54) is 11.3 Å². The van der Waals surface area contributed by atoms with Crippen LogP contribution in [0.25, 0.3) is 0 Å². The van der Waals surface area contributed by atoms with E-state index in [0.717, 1.165) is 34.6 Å². The summed E-state index contributed by atoms with van der Waals surface area (Å²) in [6.07, 6.45) is 1.54. The van der Waals surface area contributed by atoms with Crippen LogP contribution in [0.4, 0.5) is 5.69 Å². The second-order valence-corrected chi connectivity index (χ2v) is 9.45. The number of rotatable bonds is 6. The Labute approximate surface area is 203 Å². The third-order valence-corrected chi connectivity index (χ3v) is 6.90. The molecule has 1 N–H and O–H groups in total. The van der Waals surface area contributed by atoms with E-state index >= 15 is 0 Å². The summed E-state index contributed by atoms with van der Waals surface area (Å²) in [7, 11) is 0. The Morgan fingerprint density at radius 1 is 1.15 bits per heavy atom. The van der Waals surface area contributed by atoms with E-state index in [-0.39, 0.29) is 23.8 Å². The summed E-state index contributed by atoms with van der Waals surface area (Å²) < 4.78 is 6.28. The molecule has 6 nitrogen and oxygen atoms in total. The van der Waals surface area contributed by atoms with Crippen molar-refractivity contribution in [2.45, 2.75) is 38.7 Å². The lowest BCUT2D eigenvalue weighted by atomic mass is 10.0. The van der Waals surface area contributed by atoms with Crippen LogP contribution in [0.5, 0.6) is 5.75 Å². The zero-order chi connectivity index (χ0) is 24.1. The van der Waals surface area contributed by atoms with Gasteiger partial charge in [-0.05, 0) is 54.6 Å². The molecule has 0 radical (unpaired) electrons. The molecule has 0 aliphatic carbocycles. The SMILES string of the molecule is Cc1ccc(NC(=O)c2cccc(C(C)C#N)c2)cc1OC1CCN(C(=O)c2cccs2)CC1. The second kappa shape index (κ2) is 10.5. The fraction of sp³-hybridized carbons (Fsp3) is 0.296. The first-order valence-electron chi connectivity index (χ1n) is 11.4. The van der Waals surface area contributed by atoms with Gasteiger partial charge >= 0.3 is 0 Å². The number of nitrogens with zero attached hydrogens (tertiary/aromatic N) is 2. The zero-order valence-electron chi connectivity index (χ0n) is 19.3. The fourth-order valence-electron chi connectivity index (χ4n) is 3.94. The quantitative estimate of drug-likeness (QED) is 0.504. The van der Waals surface area contributed by atoms with Crippen molar-refractivity contribution in [3.8, 4) is 11.8 Å². The molecule has 174 valence electrons. The standard InChI is InChI=1S/C27H27N3O3S/c1-18-8-9-22(29-26(31)21-6-3-5-20(15-21)19(2)17-28)16-24(18)33-23-10-12-30(13-11-23)27(32)25-7-4-14-34-25/h3-9,14-16,19,23H,10-13H2,1-2H3,(H,29,31). The number of anilines is 1. The first kappa shape index (κ1) is 23.5. The molecule has 1 aliphatic heterocycles. The van der Waals surface area contributed by atoms with Crippen LogP contribution in [0.2, 0.25) is 0 Å². The van der Waals surface area contributed by atoms with Gasteiger partial charge in [0.05, 0.1) is 16.9 Å². The zero-order valence-corrected chi connectivity index (χ0v) is 20.1. The molecule has 1 aliphatic rings. The van der Waals surface area contributed by atoms with Gasteiger partial charge in [-0.1, -0.05) is 24.3 Å². The van der Waals surface area contributed by atoms with E-state index in [9.17, 15) is 9.59 Å². The Morgan fingerprint density at radius 3 is 2.65 bits per heavy atom. The highest BCUT2D eigenvalue weighted by atomic mass is 32.1. The average molecular weight is 474 g/mol. The van der Waals surface area contributed by atoms with Crippen LogP contribution in [0.15, 0.2) is 60.0 Å². The minimum absolute atomic E-state index is 0.0150. The lowest BCUT2D eigenvalue weighted by Gasteiger charge is -2.32. The molecule has 2 heterocycles. The lowest BCUT2D eigenvalue weighted by Crippen LogP contribution is -2.41. The molecule has 34 heavy (non-hydrogen) atoms. The Bertz CT molecular complexity index is 1210. The Kier molecular flexibility index (Phi) is 7.29. The normalized spacial score (nSPS) is 14.8. The third-order valence-electron chi connectivity index (χ3n) is 6.04. The molecule has 1 saturated heterocycles. The number of benzene rings is 2. The van der Waals surface area contributed by atoms with Gasteiger partial charge in [-0.3, -0.25) is 9.59 Å². The van der Waals surface area contributed by atoms with Crippen LogP contribution in [-0.2, 0) is 0 Å². The Morgan fingerprint density at radius 2 is 1.94 bits per heavy atom. The van der Waals surface area contributed by atoms with Crippen molar-refractivity contribution in [1.29, 1.82) is 5.26 Å². The first-order valence-corrected chi connectivity index (χ1v) is 12.2. The van der Waals surface area contributed by atoms with Crippen molar-refractivity contribution < 1.29 is 14.3 Å². The molecule has 1 unspecified atom stereocenters. The lowest BCUT2D eigenvalue weighted by molar-refractivity contribution is 0.0599. The summed E-state index contributed by atoms with van der Waals surface area (Å²) in [5.74, 6) is 0.302. The highest BCUT2D eigenvalue weighted by Crippen LogP contribution is 2.27. The summed E-state index contributed by atoms with van der Waals surface area (Å²) in [5, 5.41) is 14.0. The molecule has 0 spiro atoms. The van der Waals surface area contributed by atoms with E-state index in [4.69, 9.17) is 10.00 Å². The van der Waals surface area contributed by atoms with Gasteiger partial charge in [-0.2, -0.15) is 5.26 Å². The van der Waals surface area contributed by atoms with Gasteiger partial charge in [0.25, 0.3) is 11.8 Å². The number of aryl methyl sites for hydroxylation is 1. The maximum atomic E-state index is 12.8. The highest BCUT2D eigenvalue weighted by molar-refractivity contribution is 7.12. The number of nitrogens with one attached hydrogen (secondary N) is 1. The van der Waals surface area contributed by atoms with Crippen molar-refractivity contribution >= 4 is 28.8 Å². The smallest absolute Gasteiger partial charge is 0.263 e. The topological polar surface area (TPSA) is 82.4 Å². The number of amides is 2. The molecule has 2 aromatic carbocycles. The molecule has 4 rings (SSSR count). The van der Waals surface area contributed by atoms with E-state index in [2.05, 4.69) is 11.4 Å². The number of likely N-dealkylation sites (tertiary alicyclic amines) is 1. The summed E-state index contributed by atoms with van der Waals surface area (Å²) in [6.45, 7) is 5.11. The maximum absolute atomic E-state index is 12.8. The molecule has 0 bridgehead atoms. The first-order chi connectivity index (χ1) is 16.4. The van der Waals surface area contributed by atoms with E-state index < -0.39 is 0 Å². The molecule has 3 aromatic rings. The number of thiophene rings is 1. The van der Waals surface area contributed by atoms with Crippen molar-refractivity contribution in [2.24, 2.45) is 0 Å². The van der Waals surface area contributed by atoms with Crippen LogP contribution in [0.3, 0.4) is 0 Å². The van der Waals surface area contributed by atoms with Crippen LogP contribution in [0.1, 0.15) is 56.8 Å². The van der Waals surface area contributed by atoms with Crippen LogP contribution >= 0.6 is 11.3 Å². The fourth-order valence-corrected chi connectivity index (χ4v) is 4.64.